The molecule has 1 aliphatic rings. The van der Waals surface area contributed by atoms with E-state index in [4.69, 9.17) is 16.2 Å². The number of aryl methyl sites for hydroxylation is 1. The fourth-order valence-electron chi connectivity index (χ4n) is 2.21. The van der Waals surface area contributed by atoms with Gasteiger partial charge in [-0.25, -0.2) is 0 Å². The highest BCUT2D eigenvalue weighted by atomic mass is 32.2. The number of nitrogens with two attached hydrogens (primary N) is 2. The Labute approximate surface area is 113 Å². The van der Waals surface area contributed by atoms with Gasteiger partial charge in [0, 0.05) is 5.69 Å². The number of fused-ring (bicyclic) bond motifs is 1. The third kappa shape index (κ3) is 2.24. The van der Waals surface area contributed by atoms with Crippen molar-refractivity contribution < 1.29 is 4.74 Å². The molecule has 0 aliphatic carbocycles. The molecule has 1 aromatic carbocycles. The van der Waals surface area contributed by atoms with Gasteiger partial charge < -0.3 is 16.2 Å². The predicted molar refractivity (Wildman–Crippen MR) is 78.1 cm³/mol. The Kier molecular flexibility index (Phi) is 3.92. The Balaban J connectivity index is 2.32. The minimum Gasteiger partial charge on any atom is -0.488 e. The maximum Gasteiger partial charge on any atom is 0.158 e. The first-order valence-electron chi connectivity index (χ1n) is 6.30. The first kappa shape index (κ1) is 13.4. The first-order chi connectivity index (χ1) is 8.58. The van der Waals surface area contributed by atoms with Crippen LogP contribution in [0.4, 0.5) is 11.4 Å². The van der Waals surface area contributed by atoms with Crippen LogP contribution in [0.5, 0.6) is 5.75 Å². The number of ether oxygens (including phenoxy) is 1. The molecular weight excluding hydrogens is 246 g/mol. The monoisotopic (exact) mass is 267 g/mol. The van der Waals surface area contributed by atoms with E-state index in [-0.39, 0.29) is 0 Å². The zero-order chi connectivity index (χ0) is 13.3. The number of anilines is 2. The normalized spacial score (nSPS) is 18.6. The lowest BCUT2D eigenvalue weighted by Gasteiger charge is -2.34. The fraction of sp³-hybridized carbons (Fsp3) is 0.538. The fourth-order valence-corrected chi connectivity index (χ4v) is 3.54. The second kappa shape index (κ2) is 5.28. The van der Waals surface area contributed by atoms with E-state index in [9.17, 15) is 0 Å². The van der Waals surface area contributed by atoms with E-state index in [1.54, 1.807) is 11.8 Å². The molecule has 0 saturated carbocycles. The molecule has 0 radical (unpaired) electrons. The molecule has 100 valence electrons. The molecule has 1 atom stereocenters. The molecule has 1 heterocycles. The number of rotatable bonds is 3. The van der Waals surface area contributed by atoms with Crippen molar-refractivity contribution in [3.63, 3.8) is 0 Å². The van der Waals surface area contributed by atoms with Gasteiger partial charge in [-0.2, -0.15) is 0 Å². The summed E-state index contributed by atoms with van der Waals surface area (Å²) in [6, 6.07) is 1.93. The van der Waals surface area contributed by atoms with Gasteiger partial charge in [-0.1, -0.05) is 25.6 Å². The predicted octanol–water partition coefficient (Wildman–Crippen LogP) is 2.31. The maximum absolute atomic E-state index is 6.08. The van der Waals surface area contributed by atoms with Crippen LogP contribution in [0.3, 0.4) is 0 Å². The summed E-state index contributed by atoms with van der Waals surface area (Å²) in [4.78, 5) is 3.35. The molecule has 0 saturated heterocycles. The summed E-state index contributed by atoms with van der Waals surface area (Å²) < 4.78 is 5.85. The number of benzene rings is 1. The summed E-state index contributed by atoms with van der Waals surface area (Å²) >= 11 is 1.76. The molecule has 2 rings (SSSR count). The SMILES string of the molecule is CCN(CC)C1COc2c(N)c(C)cc(N)c2S1. The molecule has 5 heteroatoms. The van der Waals surface area contributed by atoms with Crippen molar-refractivity contribution >= 4 is 23.1 Å². The molecule has 0 bridgehead atoms. The van der Waals surface area contributed by atoms with Crippen LogP contribution >= 0.6 is 11.8 Å². The van der Waals surface area contributed by atoms with E-state index in [1.807, 2.05) is 13.0 Å². The van der Waals surface area contributed by atoms with E-state index in [1.165, 1.54) is 0 Å². The van der Waals surface area contributed by atoms with E-state index in [0.717, 1.165) is 35.0 Å². The Hall–Kier alpha value is -1.07. The van der Waals surface area contributed by atoms with Gasteiger partial charge in [0.25, 0.3) is 0 Å². The number of hydrogen-bond donors (Lipinski definition) is 2. The number of likely N-dealkylation sites (N-methyl/N-ethyl adjacent to an activating group) is 1. The minimum absolute atomic E-state index is 0.317. The molecular formula is C13H21N3OS. The van der Waals surface area contributed by atoms with E-state index in [2.05, 4.69) is 18.7 Å². The largest absolute Gasteiger partial charge is 0.488 e. The Morgan fingerprint density at radius 2 is 2.06 bits per heavy atom. The molecule has 1 unspecified atom stereocenters. The van der Waals surface area contributed by atoms with Crippen LogP contribution in [0.2, 0.25) is 0 Å². The molecule has 0 aromatic heterocycles. The summed E-state index contributed by atoms with van der Waals surface area (Å²) in [6.45, 7) is 8.95. The van der Waals surface area contributed by atoms with Gasteiger partial charge in [-0.05, 0) is 31.6 Å². The topological polar surface area (TPSA) is 64.5 Å². The van der Waals surface area contributed by atoms with Crippen LogP contribution in [0.1, 0.15) is 19.4 Å². The lowest BCUT2D eigenvalue weighted by Crippen LogP contribution is -2.38. The second-order valence-corrected chi connectivity index (χ2v) is 5.65. The quantitative estimate of drug-likeness (QED) is 0.823. The van der Waals surface area contributed by atoms with Crippen molar-refractivity contribution in [2.45, 2.75) is 31.0 Å². The van der Waals surface area contributed by atoms with Crippen LogP contribution in [-0.4, -0.2) is 30.0 Å². The smallest absolute Gasteiger partial charge is 0.158 e. The lowest BCUT2D eigenvalue weighted by molar-refractivity contribution is 0.193. The average molecular weight is 267 g/mol. The van der Waals surface area contributed by atoms with E-state index >= 15 is 0 Å². The van der Waals surface area contributed by atoms with Gasteiger partial charge >= 0.3 is 0 Å². The van der Waals surface area contributed by atoms with Crippen LogP contribution in [0.15, 0.2) is 11.0 Å². The van der Waals surface area contributed by atoms with Crippen LogP contribution in [0.25, 0.3) is 0 Å². The van der Waals surface area contributed by atoms with Crippen molar-refractivity contribution in [3.05, 3.63) is 11.6 Å². The number of nitrogen functional groups attached to an aromatic ring is 2. The highest BCUT2D eigenvalue weighted by Gasteiger charge is 2.28. The molecule has 0 fully saturated rings. The highest BCUT2D eigenvalue weighted by molar-refractivity contribution is 8.00. The van der Waals surface area contributed by atoms with Crippen molar-refractivity contribution in [2.75, 3.05) is 31.2 Å². The number of thioether (sulfide) groups is 1. The number of hydrogen-bond acceptors (Lipinski definition) is 5. The van der Waals surface area contributed by atoms with E-state index in [0.29, 0.717) is 17.7 Å². The molecule has 4 nitrogen and oxygen atoms in total. The third-order valence-electron chi connectivity index (χ3n) is 3.35. The summed E-state index contributed by atoms with van der Waals surface area (Å²) in [5.74, 6) is 0.765. The zero-order valence-electron chi connectivity index (χ0n) is 11.2. The summed E-state index contributed by atoms with van der Waals surface area (Å²) in [6.07, 6.45) is 0. The Morgan fingerprint density at radius 1 is 1.39 bits per heavy atom. The van der Waals surface area contributed by atoms with E-state index < -0.39 is 0 Å². The zero-order valence-corrected chi connectivity index (χ0v) is 12.0. The molecule has 0 spiro atoms. The summed E-state index contributed by atoms with van der Waals surface area (Å²) in [7, 11) is 0. The standard InChI is InChI=1S/C13H21N3OS/c1-4-16(5-2)10-7-17-12-11(15)8(3)6-9(14)13(12)18-10/h6,10H,4-5,7,14-15H2,1-3H3. The molecule has 0 amide bonds. The lowest BCUT2D eigenvalue weighted by atomic mass is 10.1. The Morgan fingerprint density at radius 3 is 2.67 bits per heavy atom. The van der Waals surface area contributed by atoms with Crippen molar-refractivity contribution in [1.29, 1.82) is 0 Å². The summed E-state index contributed by atoms with van der Waals surface area (Å²) in [5.41, 5.74) is 14.6. The molecule has 1 aliphatic heterocycles. The van der Waals surface area contributed by atoms with Gasteiger partial charge in [0.05, 0.1) is 16.0 Å². The molecule has 1 aromatic rings. The molecule has 18 heavy (non-hydrogen) atoms. The average Bonchev–Trinajstić information content (AvgIpc) is 2.37. The van der Waals surface area contributed by atoms with Crippen LogP contribution in [-0.2, 0) is 0 Å². The van der Waals surface area contributed by atoms with Crippen LogP contribution in [0, 0.1) is 6.92 Å². The van der Waals surface area contributed by atoms with Gasteiger partial charge in [-0.15, -0.1) is 0 Å². The number of nitrogens with zero attached hydrogens (tertiary/aromatic N) is 1. The van der Waals surface area contributed by atoms with Crippen molar-refractivity contribution in [3.8, 4) is 5.75 Å². The van der Waals surface area contributed by atoms with Gasteiger partial charge in [0.2, 0.25) is 0 Å². The second-order valence-electron chi connectivity index (χ2n) is 4.46. The minimum atomic E-state index is 0.317. The van der Waals surface area contributed by atoms with Gasteiger partial charge in [-0.3, -0.25) is 4.90 Å². The summed E-state index contributed by atoms with van der Waals surface area (Å²) in [5, 5.41) is 0.317. The third-order valence-corrected chi connectivity index (χ3v) is 4.72. The van der Waals surface area contributed by atoms with Gasteiger partial charge in [0.1, 0.15) is 6.61 Å². The van der Waals surface area contributed by atoms with Crippen molar-refractivity contribution in [1.82, 2.24) is 4.90 Å². The molecule has 4 N–H and O–H groups in total. The first-order valence-corrected chi connectivity index (χ1v) is 7.18. The van der Waals surface area contributed by atoms with Crippen LogP contribution < -0.4 is 16.2 Å². The van der Waals surface area contributed by atoms with Crippen molar-refractivity contribution in [2.24, 2.45) is 0 Å². The van der Waals surface area contributed by atoms with Gasteiger partial charge in [0.15, 0.2) is 5.75 Å². The highest BCUT2D eigenvalue weighted by Crippen LogP contribution is 2.46. The maximum atomic E-state index is 6.08. The Bertz CT molecular complexity index is 446.